The van der Waals surface area contributed by atoms with E-state index in [0.717, 1.165) is 0 Å². The second kappa shape index (κ2) is 5.61. The molecule has 0 aromatic carbocycles. The number of carbonyl (C=O) groups excluding carboxylic acids is 1. The van der Waals surface area contributed by atoms with E-state index in [4.69, 9.17) is 0 Å². The molecule has 0 saturated carbocycles. The third-order valence-electron chi connectivity index (χ3n) is 2.93. The van der Waals surface area contributed by atoms with Crippen LogP contribution in [0, 0.1) is 23.5 Å². The molecule has 22 heavy (non-hydrogen) atoms. The summed E-state index contributed by atoms with van der Waals surface area (Å²) < 4.78 is 89.3. The molecule has 1 fully saturated rings. The second-order valence-corrected chi connectivity index (χ2v) is 4.63. The van der Waals surface area contributed by atoms with Crippen LogP contribution in [-0.2, 0) is 4.79 Å². The van der Waals surface area contributed by atoms with Gasteiger partial charge < -0.3 is 10.2 Å². The van der Waals surface area contributed by atoms with Crippen molar-refractivity contribution >= 4 is 11.6 Å². The van der Waals surface area contributed by atoms with Gasteiger partial charge in [0.15, 0.2) is 0 Å². The zero-order valence-electron chi connectivity index (χ0n) is 10.6. The first-order valence-corrected chi connectivity index (χ1v) is 5.89. The van der Waals surface area contributed by atoms with Gasteiger partial charge in [0.2, 0.25) is 17.5 Å². The van der Waals surface area contributed by atoms with Crippen molar-refractivity contribution < 1.29 is 35.5 Å². The van der Waals surface area contributed by atoms with E-state index >= 15 is 0 Å². The van der Waals surface area contributed by atoms with Crippen LogP contribution in [0.4, 0.5) is 36.4 Å². The highest BCUT2D eigenvalue weighted by Crippen LogP contribution is 2.26. The standard InChI is InChI=1S/C11H8F7N3O/c12-6-8(7(13)10(15)20-9(6)14)19-4-1-5(22)21(2-4)3-11(16,17)18/h4H,1-3H2,(H,19,20). The van der Waals surface area contributed by atoms with Crippen molar-refractivity contribution in [2.45, 2.75) is 18.6 Å². The topological polar surface area (TPSA) is 45.2 Å². The molecule has 1 amide bonds. The minimum absolute atomic E-state index is 0.432. The number of amides is 1. The van der Waals surface area contributed by atoms with Crippen LogP contribution in [0.1, 0.15) is 6.42 Å². The summed E-state index contributed by atoms with van der Waals surface area (Å²) in [5.41, 5.74) is -1.21. The molecule has 0 aliphatic carbocycles. The summed E-state index contributed by atoms with van der Waals surface area (Å²) in [5.74, 6) is -8.34. The van der Waals surface area contributed by atoms with Gasteiger partial charge >= 0.3 is 6.18 Å². The fourth-order valence-electron chi connectivity index (χ4n) is 2.06. The molecule has 0 spiro atoms. The summed E-state index contributed by atoms with van der Waals surface area (Å²) in [6.45, 7) is -2.03. The Morgan fingerprint density at radius 3 is 2.18 bits per heavy atom. The number of rotatable bonds is 3. The van der Waals surface area contributed by atoms with E-state index in [0.29, 0.717) is 4.90 Å². The van der Waals surface area contributed by atoms with Crippen LogP contribution in [0.2, 0.25) is 0 Å². The Morgan fingerprint density at radius 1 is 1.14 bits per heavy atom. The molecule has 1 aliphatic rings. The van der Waals surface area contributed by atoms with E-state index in [-0.39, 0.29) is 0 Å². The van der Waals surface area contributed by atoms with Gasteiger partial charge in [-0.25, -0.2) is 0 Å². The third kappa shape index (κ3) is 3.39. The van der Waals surface area contributed by atoms with Crippen LogP contribution in [-0.4, -0.2) is 41.1 Å². The molecule has 2 rings (SSSR count). The Hall–Kier alpha value is -2.07. The van der Waals surface area contributed by atoms with Crippen molar-refractivity contribution in [2.75, 3.05) is 18.4 Å². The number of carbonyl (C=O) groups is 1. The second-order valence-electron chi connectivity index (χ2n) is 4.63. The van der Waals surface area contributed by atoms with Gasteiger partial charge in [0.05, 0.1) is 6.04 Å². The molecule has 122 valence electrons. The van der Waals surface area contributed by atoms with Gasteiger partial charge in [-0.05, 0) is 0 Å². The van der Waals surface area contributed by atoms with Crippen molar-refractivity contribution in [1.29, 1.82) is 0 Å². The maximum absolute atomic E-state index is 13.4. The molecule has 1 unspecified atom stereocenters. The Bertz CT molecular complexity index is 578. The van der Waals surface area contributed by atoms with Gasteiger partial charge in [0.25, 0.3) is 11.9 Å². The minimum Gasteiger partial charge on any atom is -0.375 e. The molecule has 4 nitrogen and oxygen atoms in total. The highest BCUT2D eigenvalue weighted by atomic mass is 19.4. The zero-order chi connectivity index (χ0) is 16.7. The van der Waals surface area contributed by atoms with Crippen molar-refractivity contribution in [3.63, 3.8) is 0 Å². The fraction of sp³-hybridized carbons (Fsp3) is 0.455. The van der Waals surface area contributed by atoms with Crippen molar-refractivity contribution in [3.8, 4) is 0 Å². The molecule has 1 aromatic heterocycles. The SMILES string of the molecule is O=C1CC(Nc2c(F)c(F)nc(F)c2F)CN1CC(F)(F)F. The number of hydrogen-bond acceptors (Lipinski definition) is 3. The summed E-state index contributed by atoms with van der Waals surface area (Å²) >= 11 is 0. The number of nitrogens with one attached hydrogen (secondary N) is 1. The molecule has 0 bridgehead atoms. The lowest BCUT2D eigenvalue weighted by molar-refractivity contribution is -0.157. The molecule has 1 N–H and O–H groups in total. The van der Waals surface area contributed by atoms with E-state index in [1.165, 1.54) is 0 Å². The number of hydrogen-bond donors (Lipinski definition) is 1. The normalized spacial score (nSPS) is 19.0. The van der Waals surface area contributed by atoms with E-state index < -0.39 is 66.9 Å². The Kier molecular flexibility index (Phi) is 4.16. The predicted octanol–water partition coefficient (Wildman–Crippen LogP) is 2.21. The van der Waals surface area contributed by atoms with Crippen LogP contribution in [0.15, 0.2) is 0 Å². The van der Waals surface area contributed by atoms with Gasteiger partial charge in [-0.15, -0.1) is 0 Å². The molecule has 2 heterocycles. The maximum Gasteiger partial charge on any atom is 0.406 e. The van der Waals surface area contributed by atoms with E-state index in [1.54, 1.807) is 0 Å². The van der Waals surface area contributed by atoms with E-state index in [9.17, 15) is 35.5 Å². The molecule has 1 aliphatic heterocycles. The van der Waals surface area contributed by atoms with Gasteiger partial charge in [0, 0.05) is 13.0 Å². The first-order valence-electron chi connectivity index (χ1n) is 5.89. The quantitative estimate of drug-likeness (QED) is 0.682. The fourth-order valence-corrected chi connectivity index (χ4v) is 2.06. The van der Waals surface area contributed by atoms with Crippen molar-refractivity contribution in [1.82, 2.24) is 9.88 Å². The summed E-state index contributed by atoms with van der Waals surface area (Å²) in [6, 6.07) is -1.12. The lowest BCUT2D eigenvalue weighted by atomic mass is 10.2. The first kappa shape index (κ1) is 16.3. The number of pyridine rings is 1. The molecule has 1 aromatic rings. The summed E-state index contributed by atoms with van der Waals surface area (Å²) in [4.78, 5) is 14.2. The molecule has 1 saturated heterocycles. The Morgan fingerprint density at radius 2 is 1.68 bits per heavy atom. The average Bonchev–Trinajstić information content (AvgIpc) is 2.70. The van der Waals surface area contributed by atoms with E-state index in [1.807, 2.05) is 5.32 Å². The largest absolute Gasteiger partial charge is 0.406 e. The lowest BCUT2D eigenvalue weighted by Gasteiger charge is -2.19. The first-order chi connectivity index (χ1) is 10.1. The van der Waals surface area contributed by atoms with Crippen LogP contribution in [0.3, 0.4) is 0 Å². The van der Waals surface area contributed by atoms with Gasteiger partial charge in [-0.3, -0.25) is 4.79 Å². The Balaban J connectivity index is 2.15. The number of aromatic nitrogens is 1. The zero-order valence-corrected chi connectivity index (χ0v) is 10.6. The lowest BCUT2D eigenvalue weighted by Crippen LogP contribution is -2.36. The van der Waals surface area contributed by atoms with Crippen LogP contribution < -0.4 is 5.32 Å². The monoisotopic (exact) mass is 331 g/mol. The van der Waals surface area contributed by atoms with Gasteiger partial charge in [-0.2, -0.15) is 35.7 Å². The molecule has 0 radical (unpaired) electrons. The predicted molar refractivity (Wildman–Crippen MR) is 58.7 cm³/mol. The van der Waals surface area contributed by atoms with Crippen LogP contribution >= 0.6 is 0 Å². The summed E-state index contributed by atoms with van der Waals surface area (Å²) in [5, 5.41) is 2.01. The van der Waals surface area contributed by atoms with Crippen LogP contribution in [0.5, 0.6) is 0 Å². The minimum atomic E-state index is -4.63. The molecular weight excluding hydrogens is 323 g/mol. The number of nitrogens with zero attached hydrogens (tertiary/aromatic N) is 2. The summed E-state index contributed by atoms with van der Waals surface area (Å²) in [7, 11) is 0. The van der Waals surface area contributed by atoms with Crippen molar-refractivity contribution in [2.24, 2.45) is 0 Å². The maximum atomic E-state index is 13.4. The summed E-state index contributed by atoms with van der Waals surface area (Å²) in [6.07, 6.45) is -5.13. The van der Waals surface area contributed by atoms with Gasteiger partial charge in [-0.1, -0.05) is 0 Å². The van der Waals surface area contributed by atoms with Crippen molar-refractivity contribution in [3.05, 3.63) is 23.5 Å². The highest BCUT2D eigenvalue weighted by Gasteiger charge is 2.39. The smallest absolute Gasteiger partial charge is 0.375 e. The molecule has 1 atom stereocenters. The number of halogens is 7. The average molecular weight is 331 g/mol. The third-order valence-corrected chi connectivity index (χ3v) is 2.93. The molecule has 11 heteroatoms. The van der Waals surface area contributed by atoms with E-state index in [2.05, 4.69) is 4.98 Å². The Labute approximate surface area is 118 Å². The van der Waals surface area contributed by atoms with Gasteiger partial charge in [0.1, 0.15) is 12.2 Å². The van der Waals surface area contributed by atoms with Crippen LogP contribution in [0.25, 0.3) is 0 Å². The number of anilines is 1. The number of likely N-dealkylation sites (tertiary alicyclic amines) is 1. The highest BCUT2D eigenvalue weighted by molar-refractivity contribution is 5.80. The number of alkyl halides is 3. The molecular formula is C11H8F7N3O.